The van der Waals surface area contributed by atoms with E-state index in [4.69, 9.17) is 0 Å². The highest BCUT2D eigenvalue weighted by molar-refractivity contribution is 5.98. The molecule has 0 spiro atoms. The summed E-state index contributed by atoms with van der Waals surface area (Å²) >= 11 is 0. The van der Waals surface area contributed by atoms with E-state index in [1.54, 1.807) is 4.90 Å². The number of carbonyl (C=O) groups is 1. The lowest BCUT2D eigenvalue weighted by Gasteiger charge is -2.36. The van der Waals surface area contributed by atoms with Gasteiger partial charge in [-0.2, -0.15) is 0 Å². The molecule has 1 aromatic carbocycles. The van der Waals surface area contributed by atoms with Crippen molar-refractivity contribution in [3.63, 3.8) is 0 Å². The molecule has 114 valence electrons. The monoisotopic (exact) mass is 287 g/mol. The summed E-state index contributed by atoms with van der Waals surface area (Å²) in [5.74, 6) is -0.00541. The number of nitrogens with zero attached hydrogens (tertiary/aromatic N) is 1. The molecule has 3 heteroatoms. The topological polar surface area (TPSA) is 40.5 Å². The number of amides is 1. The van der Waals surface area contributed by atoms with Gasteiger partial charge in [-0.25, -0.2) is 0 Å². The van der Waals surface area contributed by atoms with Gasteiger partial charge >= 0.3 is 0 Å². The molecule has 0 aliphatic carbocycles. The van der Waals surface area contributed by atoms with Crippen LogP contribution >= 0.6 is 0 Å². The van der Waals surface area contributed by atoms with E-state index in [1.807, 2.05) is 44.2 Å². The van der Waals surface area contributed by atoms with Crippen LogP contribution in [0.1, 0.15) is 52.0 Å². The predicted molar refractivity (Wildman–Crippen MR) is 84.6 cm³/mol. The second-order valence-corrected chi connectivity index (χ2v) is 5.51. The fraction of sp³-hybridized carbons (Fsp3) is 0.500. The second kappa shape index (κ2) is 6.44. The summed E-state index contributed by atoms with van der Waals surface area (Å²) < 4.78 is 0. The molecule has 21 heavy (non-hydrogen) atoms. The van der Waals surface area contributed by atoms with Crippen molar-refractivity contribution >= 4 is 5.91 Å². The Balaban J connectivity index is 2.54. The lowest BCUT2D eigenvalue weighted by atomic mass is 9.91. The average Bonchev–Trinajstić information content (AvgIpc) is 2.73. The summed E-state index contributed by atoms with van der Waals surface area (Å²) in [7, 11) is 0. The Kier molecular flexibility index (Phi) is 4.84. The van der Waals surface area contributed by atoms with Gasteiger partial charge in [0.15, 0.2) is 5.72 Å². The highest BCUT2D eigenvalue weighted by Gasteiger charge is 2.49. The van der Waals surface area contributed by atoms with Gasteiger partial charge in [0, 0.05) is 17.7 Å². The van der Waals surface area contributed by atoms with E-state index in [0.717, 1.165) is 29.6 Å². The summed E-state index contributed by atoms with van der Waals surface area (Å²) in [6.07, 6.45) is 3.25. The normalized spacial score (nSPS) is 22.3. The van der Waals surface area contributed by atoms with Crippen molar-refractivity contribution in [3.8, 4) is 0 Å². The maximum atomic E-state index is 12.7. The quantitative estimate of drug-likeness (QED) is 0.868. The summed E-state index contributed by atoms with van der Waals surface area (Å²) in [6, 6.07) is 9.55. The Morgan fingerprint density at radius 2 is 1.76 bits per heavy atom. The third-order valence-electron chi connectivity index (χ3n) is 4.30. The molecule has 1 heterocycles. The lowest BCUT2D eigenvalue weighted by molar-refractivity contribution is -0.145. The molecule has 1 N–H and O–H groups in total. The highest BCUT2D eigenvalue weighted by atomic mass is 16.3. The fourth-order valence-electron chi connectivity index (χ4n) is 3.22. The molecule has 0 saturated carbocycles. The Hall–Kier alpha value is -1.61. The van der Waals surface area contributed by atoms with Gasteiger partial charge < -0.3 is 10.0 Å². The van der Waals surface area contributed by atoms with Crippen LogP contribution in [-0.2, 0) is 10.5 Å². The minimum Gasteiger partial charge on any atom is -0.363 e. The van der Waals surface area contributed by atoms with Crippen molar-refractivity contribution in [3.05, 3.63) is 47.0 Å². The average molecular weight is 287 g/mol. The van der Waals surface area contributed by atoms with Gasteiger partial charge in [-0.1, -0.05) is 57.5 Å². The largest absolute Gasteiger partial charge is 0.363 e. The molecule has 1 atom stereocenters. The maximum Gasteiger partial charge on any atom is 0.252 e. The van der Waals surface area contributed by atoms with Crippen molar-refractivity contribution in [2.24, 2.45) is 0 Å². The van der Waals surface area contributed by atoms with Crippen molar-refractivity contribution in [2.45, 2.75) is 52.2 Å². The van der Waals surface area contributed by atoms with Gasteiger partial charge in [0.25, 0.3) is 5.91 Å². The first-order valence-electron chi connectivity index (χ1n) is 7.93. The van der Waals surface area contributed by atoms with E-state index < -0.39 is 5.72 Å². The van der Waals surface area contributed by atoms with Gasteiger partial charge in [0.2, 0.25) is 0 Å². The summed E-state index contributed by atoms with van der Waals surface area (Å²) in [4.78, 5) is 14.4. The predicted octanol–water partition coefficient (Wildman–Crippen LogP) is 3.59. The number of hydrogen-bond acceptors (Lipinski definition) is 2. The molecule has 0 aromatic heterocycles. The summed E-state index contributed by atoms with van der Waals surface area (Å²) in [6.45, 7) is 6.68. The number of hydrogen-bond donors (Lipinski definition) is 1. The van der Waals surface area contributed by atoms with Crippen LogP contribution in [0.5, 0.6) is 0 Å². The third kappa shape index (κ3) is 2.51. The molecule has 1 unspecified atom stereocenters. The standard InChI is InChI=1S/C18H25NO2/c1-4-7-13-19-17(20)15(5-2)16(6-3)18(19,21)14-11-9-8-10-12-14/h8-12,21H,4-7,13H2,1-3H3. The number of rotatable bonds is 6. The van der Waals surface area contributed by atoms with Gasteiger partial charge in [-0.05, 0) is 24.8 Å². The van der Waals surface area contributed by atoms with Crippen molar-refractivity contribution < 1.29 is 9.90 Å². The number of benzene rings is 1. The zero-order valence-corrected chi connectivity index (χ0v) is 13.2. The molecule has 3 nitrogen and oxygen atoms in total. The van der Waals surface area contributed by atoms with Gasteiger partial charge in [-0.3, -0.25) is 4.79 Å². The Labute approximate surface area is 127 Å². The van der Waals surface area contributed by atoms with E-state index in [1.165, 1.54) is 0 Å². The molecule has 1 aliphatic heterocycles. The number of aliphatic hydroxyl groups is 1. The van der Waals surface area contributed by atoms with Crippen molar-refractivity contribution in [1.29, 1.82) is 0 Å². The molecular weight excluding hydrogens is 262 g/mol. The van der Waals surface area contributed by atoms with Gasteiger partial charge in [0.05, 0.1) is 0 Å². The first-order valence-corrected chi connectivity index (χ1v) is 7.93. The lowest BCUT2D eigenvalue weighted by Crippen LogP contribution is -2.46. The summed E-state index contributed by atoms with van der Waals surface area (Å²) in [5, 5.41) is 11.4. The number of carbonyl (C=O) groups excluding carboxylic acids is 1. The molecule has 0 saturated heterocycles. The Morgan fingerprint density at radius 1 is 1.10 bits per heavy atom. The molecule has 0 fully saturated rings. The minimum absolute atomic E-state index is 0.00541. The zero-order valence-electron chi connectivity index (χ0n) is 13.2. The van der Waals surface area contributed by atoms with Crippen LogP contribution in [0.3, 0.4) is 0 Å². The van der Waals surface area contributed by atoms with Crippen LogP contribution in [-0.4, -0.2) is 22.5 Å². The van der Waals surface area contributed by atoms with Crippen LogP contribution < -0.4 is 0 Å². The van der Waals surface area contributed by atoms with Gasteiger partial charge in [0.1, 0.15) is 0 Å². The Bertz CT molecular complexity index is 535. The van der Waals surface area contributed by atoms with Crippen molar-refractivity contribution in [2.75, 3.05) is 6.54 Å². The van der Waals surface area contributed by atoms with Crippen LogP contribution in [0, 0.1) is 0 Å². The fourth-order valence-corrected chi connectivity index (χ4v) is 3.22. The van der Waals surface area contributed by atoms with Crippen LogP contribution in [0.4, 0.5) is 0 Å². The molecule has 1 aromatic rings. The Morgan fingerprint density at radius 3 is 2.29 bits per heavy atom. The first kappa shape index (κ1) is 15.8. The van der Waals surface area contributed by atoms with E-state index in [-0.39, 0.29) is 5.91 Å². The first-order chi connectivity index (χ1) is 10.1. The zero-order chi connectivity index (χ0) is 15.5. The molecule has 2 rings (SSSR count). The van der Waals surface area contributed by atoms with Crippen LogP contribution in [0.2, 0.25) is 0 Å². The van der Waals surface area contributed by atoms with E-state index in [9.17, 15) is 9.90 Å². The molecular formula is C18H25NO2. The second-order valence-electron chi connectivity index (χ2n) is 5.51. The van der Waals surface area contributed by atoms with E-state index in [0.29, 0.717) is 19.4 Å². The van der Waals surface area contributed by atoms with Crippen LogP contribution in [0.15, 0.2) is 41.5 Å². The van der Waals surface area contributed by atoms with Crippen LogP contribution in [0.25, 0.3) is 0 Å². The number of unbranched alkanes of at least 4 members (excludes halogenated alkanes) is 1. The van der Waals surface area contributed by atoms with Gasteiger partial charge in [-0.15, -0.1) is 0 Å². The minimum atomic E-state index is -1.27. The smallest absolute Gasteiger partial charge is 0.252 e. The SMILES string of the molecule is CCCCN1C(=O)C(CC)=C(CC)C1(O)c1ccccc1. The third-order valence-corrected chi connectivity index (χ3v) is 4.30. The molecule has 1 amide bonds. The highest BCUT2D eigenvalue weighted by Crippen LogP contribution is 2.44. The molecule has 0 radical (unpaired) electrons. The van der Waals surface area contributed by atoms with E-state index >= 15 is 0 Å². The van der Waals surface area contributed by atoms with Crippen molar-refractivity contribution in [1.82, 2.24) is 4.90 Å². The maximum absolute atomic E-state index is 12.7. The molecule has 0 bridgehead atoms. The van der Waals surface area contributed by atoms with E-state index in [2.05, 4.69) is 6.92 Å². The summed E-state index contributed by atoms with van der Waals surface area (Å²) in [5.41, 5.74) is 1.15. The molecule has 1 aliphatic rings.